The number of nitrogens with two attached hydrogens (primary N) is 1. The van der Waals surface area contributed by atoms with Crippen LogP contribution in [0.5, 0.6) is 0 Å². The van der Waals surface area contributed by atoms with Gasteiger partial charge in [-0.1, -0.05) is 36.8 Å². The van der Waals surface area contributed by atoms with Crippen LogP contribution in [0.2, 0.25) is 0 Å². The summed E-state index contributed by atoms with van der Waals surface area (Å²) < 4.78 is 0. The summed E-state index contributed by atoms with van der Waals surface area (Å²) in [6, 6.07) is 9.61. The molecule has 2 aliphatic rings. The minimum atomic E-state index is -0.303. The number of hydrogen-bond acceptors (Lipinski definition) is 3. The van der Waals surface area contributed by atoms with Crippen LogP contribution < -0.4 is 5.73 Å². The number of imide groups is 1. The van der Waals surface area contributed by atoms with E-state index in [0.717, 1.165) is 24.8 Å². The first-order valence-corrected chi connectivity index (χ1v) is 7.33. The lowest BCUT2D eigenvalue weighted by molar-refractivity contribution is -0.142. The second-order valence-electron chi connectivity index (χ2n) is 5.76. The lowest BCUT2D eigenvalue weighted by atomic mass is 9.97. The molecular formula is C16H20N2O2. The fourth-order valence-corrected chi connectivity index (χ4v) is 3.58. The maximum absolute atomic E-state index is 12.6. The molecule has 2 N–H and O–H groups in total. The van der Waals surface area contributed by atoms with Crippen molar-refractivity contribution >= 4 is 11.8 Å². The van der Waals surface area contributed by atoms with E-state index in [1.807, 2.05) is 30.3 Å². The monoisotopic (exact) mass is 272 g/mol. The van der Waals surface area contributed by atoms with Crippen LogP contribution in [0.3, 0.4) is 0 Å². The molecular weight excluding hydrogens is 252 g/mol. The Bertz CT molecular complexity index is 514. The molecule has 20 heavy (non-hydrogen) atoms. The summed E-state index contributed by atoms with van der Waals surface area (Å²) in [6.07, 6.45) is 3.28. The second kappa shape index (κ2) is 5.37. The number of benzene rings is 1. The molecule has 1 aliphatic carbocycles. The molecule has 106 valence electrons. The first-order chi connectivity index (χ1) is 9.72. The smallest absolute Gasteiger partial charge is 0.237 e. The van der Waals surface area contributed by atoms with E-state index in [2.05, 4.69) is 0 Å². The van der Waals surface area contributed by atoms with Gasteiger partial charge in [-0.05, 0) is 30.9 Å². The first kappa shape index (κ1) is 13.3. The molecule has 1 aliphatic heterocycles. The number of likely N-dealkylation sites (tertiary alicyclic amines) is 1. The van der Waals surface area contributed by atoms with E-state index in [9.17, 15) is 9.59 Å². The van der Waals surface area contributed by atoms with E-state index in [-0.39, 0.29) is 29.7 Å². The molecule has 2 amide bonds. The zero-order valence-electron chi connectivity index (χ0n) is 11.5. The van der Waals surface area contributed by atoms with Crippen LogP contribution in [-0.2, 0) is 9.59 Å². The third-order valence-electron chi connectivity index (χ3n) is 4.64. The Balaban J connectivity index is 1.84. The van der Waals surface area contributed by atoms with Crippen LogP contribution in [0.25, 0.3) is 0 Å². The van der Waals surface area contributed by atoms with Crippen LogP contribution in [0.15, 0.2) is 30.3 Å². The van der Waals surface area contributed by atoms with Gasteiger partial charge in [0, 0.05) is 12.5 Å². The Morgan fingerprint density at radius 1 is 1.15 bits per heavy atom. The van der Waals surface area contributed by atoms with Crippen molar-refractivity contribution in [2.45, 2.75) is 37.6 Å². The van der Waals surface area contributed by atoms with Crippen LogP contribution in [-0.4, -0.2) is 29.3 Å². The van der Waals surface area contributed by atoms with Crippen molar-refractivity contribution in [3.05, 3.63) is 35.9 Å². The number of rotatable bonds is 3. The number of nitrogens with zero attached hydrogens (tertiary/aromatic N) is 1. The Morgan fingerprint density at radius 3 is 2.60 bits per heavy atom. The second-order valence-corrected chi connectivity index (χ2v) is 5.76. The van der Waals surface area contributed by atoms with Gasteiger partial charge in [-0.2, -0.15) is 0 Å². The summed E-state index contributed by atoms with van der Waals surface area (Å²) in [4.78, 5) is 26.4. The van der Waals surface area contributed by atoms with E-state index in [4.69, 9.17) is 5.73 Å². The maximum Gasteiger partial charge on any atom is 0.237 e. The Morgan fingerprint density at radius 2 is 1.90 bits per heavy atom. The molecule has 1 saturated carbocycles. The summed E-state index contributed by atoms with van der Waals surface area (Å²) in [5, 5.41) is 0. The molecule has 0 radical (unpaired) electrons. The number of amides is 2. The molecule has 3 rings (SSSR count). The first-order valence-electron chi connectivity index (χ1n) is 7.33. The SMILES string of the molecule is NCC1CCCC1N1C(=O)CC(c2ccccc2)C1=O. The molecule has 1 aromatic carbocycles. The predicted molar refractivity (Wildman–Crippen MR) is 75.8 cm³/mol. The maximum atomic E-state index is 12.6. The minimum Gasteiger partial charge on any atom is -0.330 e. The van der Waals surface area contributed by atoms with Crippen LogP contribution in [0.4, 0.5) is 0 Å². The molecule has 0 spiro atoms. The van der Waals surface area contributed by atoms with Crippen molar-refractivity contribution in [1.29, 1.82) is 0 Å². The topological polar surface area (TPSA) is 63.4 Å². The highest BCUT2D eigenvalue weighted by molar-refractivity contribution is 6.06. The summed E-state index contributed by atoms with van der Waals surface area (Å²) >= 11 is 0. The minimum absolute atomic E-state index is 0.0220. The highest BCUT2D eigenvalue weighted by Crippen LogP contribution is 2.37. The van der Waals surface area contributed by atoms with Crippen molar-refractivity contribution in [3.8, 4) is 0 Å². The van der Waals surface area contributed by atoms with Crippen molar-refractivity contribution in [1.82, 2.24) is 4.90 Å². The summed E-state index contributed by atoms with van der Waals surface area (Å²) in [7, 11) is 0. The molecule has 1 heterocycles. The van der Waals surface area contributed by atoms with Crippen LogP contribution >= 0.6 is 0 Å². The highest BCUT2D eigenvalue weighted by Gasteiger charge is 2.46. The largest absolute Gasteiger partial charge is 0.330 e. The van der Waals surface area contributed by atoms with Gasteiger partial charge in [0.1, 0.15) is 0 Å². The number of carbonyl (C=O) groups is 2. The molecule has 4 heteroatoms. The zero-order valence-corrected chi connectivity index (χ0v) is 11.5. The molecule has 1 saturated heterocycles. The van der Waals surface area contributed by atoms with Crippen LogP contribution in [0, 0.1) is 5.92 Å². The van der Waals surface area contributed by atoms with E-state index in [1.54, 1.807) is 0 Å². The van der Waals surface area contributed by atoms with Gasteiger partial charge in [0.2, 0.25) is 11.8 Å². The van der Waals surface area contributed by atoms with E-state index < -0.39 is 0 Å². The number of hydrogen-bond donors (Lipinski definition) is 1. The van der Waals surface area contributed by atoms with Gasteiger partial charge in [0.05, 0.1) is 5.92 Å². The third-order valence-corrected chi connectivity index (χ3v) is 4.64. The molecule has 0 bridgehead atoms. The van der Waals surface area contributed by atoms with Gasteiger partial charge in [0.15, 0.2) is 0 Å². The lowest BCUT2D eigenvalue weighted by Gasteiger charge is -2.27. The standard InChI is InChI=1S/C16H20N2O2/c17-10-12-7-4-8-14(12)18-15(19)9-13(16(18)20)11-5-2-1-3-6-11/h1-3,5-6,12-14H,4,7-10,17H2. The van der Waals surface area contributed by atoms with Crippen molar-refractivity contribution in [3.63, 3.8) is 0 Å². The summed E-state index contributed by atoms with van der Waals surface area (Å²) in [5.74, 6) is -0.0964. The Kier molecular flexibility index (Phi) is 3.57. The third kappa shape index (κ3) is 2.14. The zero-order chi connectivity index (χ0) is 14.1. The highest BCUT2D eigenvalue weighted by atomic mass is 16.2. The van der Waals surface area contributed by atoms with Gasteiger partial charge >= 0.3 is 0 Å². The molecule has 4 nitrogen and oxygen atoms in total. The van der Waals surface area contributed by atoms with Gasteiger partial charge in [0.25, 0.3) is 0 Å². The molecule has 3 unspecified atom stereocenters. The molecule has 2 fully saturated rings. The Labute approximate surface area is 118 Å². The molecule has 3 atom stereocenters. The summed E-state index contributed by atoms with van der Waals surface area (Å²) in [6.45, 7) is 0.553. The summed E-state index contributed by atoms with van der Waals surface area (Å²) in [5.41, 5.74) is 6.72. The van der Waals surface area contributed by atoms with Gasteiger partial charge in [-0.25, -0.2) is 0 Å². The predicted octanol–water partition coefficient (Wildman–Crippen LogP) is 1.66. The van der Waals surface area contributed by atoms with Gasteiger partial charge < -0.3 is 5.73 Å². The van der Waals surface area contributed by atoms with Crippen molar-refractivity contribution in [2.75, 3.05) is 6.54 Å². The number of carbonyl (C=O) groups excluding carboxylic acids is 2. The van der Waals surface area contributed by atoms with E-state index in [0.29, 0.717) is 13.0 Å². The lowest BCUT2D eigenvalue weighted by Crippen LogP contribution is -2.44. The molecule has 1 aromatic rings. The fraction of sp³-hybridized carbons (Fsp3) is 0.500. The Hall–Kier alpha value is -1.68. The van der Waals surface area contributed by atoms with Crippen molar-refractivity contribution < 1.29 is 9.59 Å². The van der Waals surface area contributed by atoms with Gasteiger partial charge in [-0.3, -0.25) is 14.5 Å². The molecule has 0 aromatic heterocycles. The van der Waals surface area contributed by atoms with E-state index >= 15 is 0 Å². The van der Waals surface area contributed by atoms with Crippen molar-refractivity contribution in [2.24, 2.45) is 11.7 Å². The quantitative estimate of drug-likeness (QED) is 0.851. The fourth-order valence-electron chi connectivity index (χ4n) is 3.58. The normalized spacial score (nSPS) is 30.2. The average Bonchev–Trinajstić information content (AvgIpc) is 3.04. The van der Waals surface area contributed by atoms with E-state index in [1.165, 1.54) is 4.90 Å². The average molecular weight is 272 g/mol. The van der Waals surface area contributed by atoms with Gasteiger partial charge in [-0.15, -0.1) is 0 Å². The van der Waals surface area contributed by atoms with Crippen LogP contribution in [0.1, 0.15) is 37.2 Å².